The van der Waals surface area contributed by atoms with Gasteiger partial charge in [-0.3, -0.25) is 0 Å². The molecule has 1 aromatic carbocycles. The minimum atomic E-state index is 0.355. The number of nitrogen functional groups attached to an aromatic ring is 1. The predicted octanol–water partition coefficient (Wildman–Crippen LogP) is 0.511. The third-order valence-electron chi connectivity index (χ3n) is 2.70. The van der Waals surface area contributed by atoms with E-state index in [2.05, 4.69) is 10.6 Å². The molecule has 0 amide bonds. The van der Waals surface area contributed by atoms with Crippen LogP contribution in [0.5, 0.6) is 5.75 Å². The lowest BCUT2D eigenvalue weighted by Gasteiger charge is -2.25. The Morgan fingerprint density at radius 3 is 2.93 bits per heavy atom. The maximum absolute atomic E-state index is 5.77. The predicted molar refractivity (Wildman–Crippen MR) is 61.0 cm³/mol. The molecule has 1 saturated heterocycles. The number of ether oxygens (including phenoxy) is 1. The van der Waals surface area contributed by atoms with Crippen LogP contribution in [-0.2, 0) is 0 Å². The van der Waals surface area contributed by atoms with Crippen molar-refractivity contribution in [1.82, 2.24) is 10.6 Å². The molecule has 4 heteroatoms. The number of methoxy groups -OCH3 is 1. The van der Waals surface area contributed by atoms with Gasteiger partial charge >= 0.3 is 0 Å². The largest absolute Gasteiger partial charge is 0.495 e. The Morgan fingerprint density at radius 1 is 1.40 bits per heavy atom. The lowest BCUT2D eigenvalue weighted by Crippen LogP contribution is -2.42. The van der Waals surface area contributed by atoms with Crippen molar-refractivity contribution in [2.45, 2.75) is 6.04 Å². The van der Waals surface area contributed by atoms with E-state index in [-0.39, 0.29) is 0 Å². The van der Waals surface area contributed by atoms with Gasteiger partial charge in [0.2, 0.25) is 0 Å². The SMILES string of the molecule is COc1cc([C@H]2CNCCN2)ccc1N. The van der Waals surface area contributed by atoms with Crippen LogP contribution in [0, 0.1) is 0 Å². The van der Waals surface area contributed by atoms with Crippen LogP contribution in [0.4, 0.5) is 5.69 Å². The standard InChI is InChI=1S/C11H17N3O/c1-15-11-6-8(2-3-9(11)12)10-7-13-4-5-14-10/h2-3,6,10,13-14H,4-5,7,12H2,1H3/t10-/m1/s1. The number of rotatable bonds is 2. The van der Waals surface area contributed by atoms with E-state index >= 15 is 0 Å². The van der Waals surface area contributed by atoms with Crippen LogP contribution in [0.15, 0.2) is 18.2 Å². The lowest BCUT2D eigenvalue weighted by molar-refractivity contribution is 0.409. The minimum absolute atomic E-state index is 0.355. The number of piperazine rings is 1. The molecule has 82 valence electrons. The van der Waals surface area contributed by atoms with Gasteiger partial charge < -0.3 is 21.1 Å². The molecule has 1 aliphatic heterocycles. The van der Waals surface area contributed by atoms with E-state index in [0.29, 0.717) is 11.7 Å². The van der Waals surface area contributed by atoms with Crippen LogP contribution in [0.1, 0.15) is 11.6 Å². The number of hydrogen-bond acceptors (Lipinski definition) is 4. The highest BCUT2D eigenvalue weighted by Gasteiger charge is 2.15. The summed E-state index contributed by atoms with van der Waals surface area (Å²) in [5.74, 6) is 0.750. The highest BCUT2D eigenvalue weighted by atomic mass is 16.5. The van der Waals surface area contributed by atoms with Crippen molar-refractivity contribution in [3.05, 3.63) is 23.8 Å². The molecule has 0 aromatic heterocycles. The summed E-state index contributed by atoms with van der Waals surface area (Å²) < 4.78 is 5.20. The summed E-state index contributed by atoms with van der Waals surface area (Å²) in [7, 11) is 1.64. The maximum Gasteiger partial charge on any atom is 0.142 e. The summed E-state index contributed by atoms with van der Waals surface area (Å²) in [5, 5.41) is 6.80. The summed E-state index contributed by atoms with van der Waals surface area (Å²) >= 11 is 0. The molecule has 0 bridgehead atoms. The zero-order valence-corrected chi connectivity index (χ0v) is 8.92. The smallest absolute Gasteiger partial charge is 0.142 e. The van der Waals surface area contributed by atoms with Crippen molar-refractivity contribution in [1.29, 1.82) is 0 Å². The van der Waals surface area contributed by atoms with E-state index < -0.39 is 0 Å². The molecule has 1 fully saturated rings. The second-order valence-electron chi connectivity index (χ2n) is 3.71. The summed E-state index contributed by atoms with van der Waals surface area (Å²) in [5.41, 5.74) is 7.67. The van der Waals surface area contributed by atoms with Gasteiger partial charge in [-0.15, -0.1) is 0 Å². The molecular formula is C11H17N3O. The fourth-order valence-electron chi connectivity index (χ4n) is 1.83. The molecule has 2 rings (SSSR count). The van der Waals surface area contributed by atoms with Gasteiger partial charge in [0.1, 0.15) is 5.75 Å². The highest BCUT2D eigenvalue weighted by molar-refractivity contribution is 5.54. The van der Waals surface area contributed by atoms with Gasteiger partial charge in [-0.2, -0.15) is 0 Å². The number of hydrogen-bond donors (Lipinski definition) is 3. The Labute approximate surface area is 89.8 Å². The second-order valence-corrected chi connectivity index (χ2v) is 3.71. The van der Waals surface area contributed by atoms with Crippen molar-refractivity contribution in [3.63, 3.8) is 0 Å². The summed E-state index contributed by atoms with van der Waals surface area (Å²) in [6, 6.07) is 6.29. The van der Waals surface area contributed by atoms with Gasteiger partial charge in [-0.1, -0.05) is 6.07 Å². The van der Waals surface area contributed by atoms with E-state index in [0.717, 1.165) is 25.4 Å². The van der Waals surface area contributed by atoms with Gasteiger partial charge in [0.05, 0.1) is 12.8 Å². The van der Waals surface area contributed by atoms with Crippen LogP contribution >= 0.6 is 0 Å². The van der Waals surface area contributed by atoms with Crippen LogP contribution in [0.3, 0.4) is 0 Å². The van der Waals surface area contributed by atoms with Crippen molar-refractivity contribution in [2.75, 3.05) is 32.5 Å². The summed E-state index contributed by atoms with van der Waals surface area (Å²) in [4.78, 5) is 0. The highest BCUT2D eigenvalue weighted by Crippen LogP contribution is 2.25. The van der Waals surface area contributed by atoms with E-state index in [1.54, 1.807) is 7.11 Å². The summed E-state index contributed by atoms with van der Waals surface area (Å²) in [6.45, 7) is 2.98. The molecule has 0 unspecified atom stereocenters. The first kappa shape index (κ1) is 10.3. The monoisotopic (exact) mass is 207 g/mol. The topological polar surface area (TPSA) is 59.3 Å². The zero-order chi connectivity index (χ0) is 10.7. The molecular weight excluding hydrogens is 190 g/mol. The molecule has 4 N–H and O–H groups in total. The fourth-order valence-corrected chi connectivity index (χ4v) is 1.83. The number of anilines is 1. The van der Waals surface area contributed by atoms with Gasteiger partial charge in [-0.05, 0) is 17.7 Å². The second kappa shape index (κ2) is 4.51. The molecule has 0 saturated carbocycles. The summed E-state index contributed by atoms with van der Waals surface area (Å²) in [6.07, 6.45) is 0. The van der Waals surface area contributed by atoms with Crippen molar-refractivity contribution >= 4 is 5.69 Å². The van der Waals surface area contributed by atoms with Gasteiger partial charge in [0.25, 0.3) is 0 Å². The van der Waals surface area contributed by atoms with E-state index in [4.69, 9.17) is 10.5 Å². The number of benzene rings is 1. The molecule has 1 atom stereocenters. The Kier molecular flexibility index (Phi) is 3.08. The van der Waals surface area contributed by atoms with Crippen LogP contribution in [0.2, 0.25) is 0 Å². The third kappa shape index (κ3) is 2.22. The molecule has 15 heavy (non-hydrogen) atoms. The average molecular weight is 207 g/mol. The zero-order valence-electron chi connectivity index (χ0n) is 8.92. The molecule has 0 spiro atoms. The Morgan fingerprint density at radius 2 is 2.27 bits per heavy atom. The van der Waals surface area contributed by atoms with Crippen LogP contribution < -0.4 is 21.1 Å². The maximum atomic E-state index is 5.77. The first-order valence-corrected chi connectivity index (χ1v) is 5.19. The first-order valence-electron chi connectivity index (χ1n) is 5.19. The Bertz CT molecular complexity index is 335. The van der Waals surface area contributed by atoms with Gasteiger partial charge in [0.15, 0.2) is 0 Å². The molecule has 4 nitrogen and oxygen atoms in total. The first-order chi connectivity index (χ1) is 7.31. The van der Waals surface area contributed by atoms with Gasteiger partial charge in [-0.25, -0.2) is 0 Å². The minimum Gasteiger partial charge on any atom is -0.495 e. The molecule has 1 heterocycles. The average Bonchev–Trinajstić information content (AvgIpc) is 2.31. The van der Waals surface area contributed by atoms with Crippen LogP contribution in [0.25, 0.3) is 0 Å². The molecule has 0 radical (unpaired) electrons. The molecule has 1 aliphatic rings. The number of nitrogens with one attached hydrogen (secondary N) is 2. The van der Waals surface area contributed by atoms with Crippen LogP contribution in [-0.4, -0.2) is 26.7 Å². The van der Waals surface area contributed by atoms with Crippen molar-refractivity contribution in [2.24, 2.45) is 0 Å². The molecule has 1 aromatic rings. The van der Waals surface area contributed by atoms with E-state index in [1.807, 2.05) is 18.2 Å². The van der Waals surface area contributed by atoms with E-state index in [1.165, 1.54) is 5.56 Å². The normalized spacial score (nSPS) is 21.3. The third-order valence-corrected chi connectivity index (χ3v) is 2.70. The Hall–Kier alpha value is -1.26. The van der Waals surface area contributed by atoms with Gasteiger partial charge in [0, 0.05) is 25.7 Å². The quantitative estimate of drug-likeness (QED) is 0.618. The fraction of sp³-hybridized carbons (Fsp3) is 0.455. The number of nitrogens with two attached hydrogens (primary N) is 1. The van der Waals surface area contributed by atoms with E-state index in [9.17, 15) is 0 Å². The lowest BCUT2D eigenvalue weighted by atomic mass is 10.0. The Balaban J connectivity index is 2.20. The van der Waals surface area contributed by atoms with Crippen molar-refractivity contribution < 1.29 is 4.74 Å². The molecule has 0 aliphatic carbocycles. The van der Waals surface area contributed by atoms with Crippen molar-refractivity contribution in [3.8, 4) is 5.75 Å².